The van der Waals surface area contributed by atoms with E-state index >= 15 is 0 Å². The summed E-state index contributed by atoms with van der Waals surface area (Å²) in [5.74, 6) is -1.01. The molecule has 1 aliphatic rings. The van der Waals surface area contributed by atoms with Gasteiger partial charge in [-0.15, -0.1) is 0 Å². The largest absolute Gasteiger partial charge is 0.457 e. The van der Waals surface area contributed by atoms with Gasteiger partial charge in [-0.25, -0.2) is 4.39 Å². The Morgan fingerprint density at radius 2 is 1.91 bits per heavy atom. The first-order valence-corrected chi connectivity index (χ1v) is 10.7. The summed E-state index contributed by atoms with van der Waals surface area (Å²) in [6, 6.07) is 13.7. The molecule has 0 bridgehead atoms. The second-order valence-corrected chi connectivity index (χ2v) is 8.41. The monoisotopic (exact) mass is 490 g/mol. The molecule has 1 fully saturated rings. The van der Waals surface area contributed by atoms with Gasteiger partial charge in [0, 0.05) is 17.3 Å². The van der Waals surface area contributed by atoms with E-state index in [1.165, 1.54) is 24.3 Å². The highest BCUT2D eigenvalue weighted by Crippen LogP contribution is 2.36. The molecule has 0 aliphatic carbocycles. The second-order valence-electron chi connectivity index (χ2n) is 6.63. The van der Waals surface area contributed by atoms with E-state index in [-0.39, 0.29) is 10.6 Å². The van der Waals surface area contributed by atoms with Crippen LogP contribution in [0.3, 0.4) is 0 Å². The Hall–Kier alpha value is -3.07. The number of imide groups is 1. The van der Waals surface area contributed by atoms with Crippen LogP contribution in [0, 0.1) is 5.82 Å². The summed E-state index contributed by atoms with van der Waals surface area (Å²) < 4.78 is 19.0. The predicted octanol–water partition coefficient (Wildman–Crippen LogP) is 6.07. The minimum Gasteiger partial charge on any atom is -0.457 e. The van der Waals surface area contributed by atoms with Crippen LogP contribution in [0.2, 0.25) is 10.0 Å². The van der Waals surface area contributed by atoms with Crippen molar-refractivity contribution in [3.63, 3.8) is 0 Å². The molecule has 0 radical (unpaired) electrons. The number of nitrogens with one attached hydrogen (secondary N) is 1. The van der Waals surface area contributed by atoms with Crippen LogP contribution in [-0.4, -0.2) is 28.5 Å². The third kappa shape index (κ3) is 4.72. The molecule has 3 aromatic rings. The molecule has 1 saturated heterocycles. The van der Waals surface area contributed by atoms with Crippen LogP contribution in [0.4, 0.5) is 14.9 Å². The van der Waals surface area contributed by atoms with Crippen LogP contribution in [0.25, 0.3) is 17.4 Å². The lowest BCUT2D eigenvalue weighted by Crippen LogP contribution is -2.36. The van der Waals surface area contributed by atoms with Gasteiger partial charge in [-0.1, -0.05) is 35.3 Å². The molecule has 1 aromatic heterocycles. The first-order valence-electron chi connectivity index (χ1n) is 9.17. The summed E-state index contributed by atoms with van der Waals surface area (Å²) in [6.07, 6.45) is 1.41. The van der Waals surface area contributed by atoms with Crippen LogP contribution < -0.4 is 5.32 Å². The zero-order valence-electron chi connectivity index (χ0n) is 16.1. The Kier molecular flexibility index (Phi) is 6.36. The normalized spacial score (nSPS) is 15.0. The zero-order chi connectivity index (χ0) is 22.8. The highest BCUT2D eigenvalue weighted by molar-refractivity contribution is 8.18. The van der Waals surface area contributed by atoms with Gasteiger partial charge in [0.15, 0.2) is 0 Å². The zero-order valence-corrected chi connectivity index (χ0v) is 18.4. The minimum atomic E-state index is -0.631. The van der Waals surface area contributed by atoms with E-state index in [0.29, 0.717) is 38.9 Å². The molecular weight excluding hydrogens is 478 g/mol. The van der Waals surface area contributed by atoms with Crippen LogP contribution in [0.1, 0.15) is 5.76 Å². The smallest absolute Gasteiger partial charge is 0.294 e. The molecule has 0 unspecified atom stereocenters. The topological polar surface area (TPSA) is 79.6 Å². The van der Waals surface area contributed by atoms with Gasteiger partial charge < -0.3 is 9.73 Å². The molecule has 0 spiro atoms. The van der Waals surface area contributed by atoms with Crippen LogP contribution >= 0.6 is 35.0 Å². The number of nitrogens with zero attached hydrogens (tertiary/aromatic N) is 1. The molecule has 0 atom stereocenters. The van der Waals surface area contributed by atoms with Gasteiger partial charge in [0.05, 0.1) is 15.0 Å². The predicted molar refractivity (Wildman–Crippen MR) is 122 cm³/mol. The number of thioether (sulfide) groups is 1. The number of amides is 3. The first-order chi connectivity index (χ1) is 15.3. The maximum absolute atomic E-state index is 13.3. The molecular formula is C22H13Cl2FN2O4S. The number of halogens is 3. The van der Waals surface area contributed by atoms with E-state index in [4.69, 9.17) is 27.6 Å². The lowest BCUT2D eigenvalue weighted by molar-refractivity contribution is -0.127. The van der Waals surface area contributed by atoms with E-state index < -0.39 is 29.4 Å². The molecule has 1 N–H and O–H groups in total. The summed E-state index contributed by atoms with van der Waals surface area (Å²) in [6.45, 7) is -0.500. The van der Waals surface area contributed by atoms with Crippen molar-refractivity contribution in [3.05, 3.63) is 81.1 Å². The van der Waals surface area contributed by atoms with Crippen molar-refractivity contribution in [2.75, 3.05) is 11.9 Å². The van der Waals surface area contributed by atoms with Crippen molar-refractivity contribution >= 4 is 63.8 Å². The van der Waals surface area contributed by atoms with E-state index in [1.807, 2.05) is 0 Å². The van der Waals surface area contributed by atoms with Gasteiger partial charge in [-0.3, -0.25) is 19.3 Å². The fraction of sp³-hybridized carbons (Fsp3) is 0.0455. The quantitative estimate of drug-likeness (QED) is 0.439. The van der Waals surface area contributed by atoms with Crippen molar-refractivity contribution in [1.82, 2.24) is 4.90 Å². The third-order valence-corrected chi connectivity index (χ3v) is 6.13. The molecule has 32 heavy (non-hydrogen) atoms. The molecule has 3 amide bonds. The van der Waals surface area contributed by atoms with Crippen molar-refractivity contribution in [2.24, 2.45) is 0 Å². The third-order valence-electron chi connectivity index (χ3n) is 4.40. The number of carbonyl (C=O) groups is 3. The van der Waals surface area contributed by atoms with Gasteiger partial charge in [0.2, 0.25) is 5.91 Å². The Morgan fingerprint density at radius 3 is 2.69 bits per heavy atom. The van der Waals surface area contributed by atoms with Crippen molar-refractivity contribution in [1.29, 1.82) is 0 Å². The lowest BCUT2D eigenvalue weighted by Gasteiger charge is -2.12. The molecule has 162 valence electrons. The Balaban J connectivity index is 1.47. The number of benzene rings is 2. The van der Waals surface area contributed by atoms with Gasteiger partial charge in [-0.05, 0) is 54.2 Å². The molecule has 0 saturated carbocycles. The number of anilines is 1. The number of carbonyl (C=O) groups excluding carboxylic acids is 3. The van der Waals surface area contributed by atoms with E-state index in [9.17, 15) is 18.8 Å². The maximum atomic E-state index is 13.3. The molecule has 4 rings (SSSR count). The molecule has 2 aromatic carbocycles. The maximum Gasteiger partial charge on any atom is 0.294 e. The Bertz CT molecular complexity index is 1270. The van der Waals surface area contributed by atoms with Gasteiger partial charge in [0.25, 0.3) is 11.1 Å². The highest BCUT2D eigenvalue weighted by Gasteiger charge is 2.36. The number of hydrogen-bond donors (Lipinski definition) is 1. The summed E-state index contributed by atoms with van der Waals surface area (Å²) in [4.78, 5) is 38.0. The fourth-order valence-electron chi connectivity index (χ4n) is 2.95. The van der Waals surface area contributed by atoms with Crippen molar-refractivity contribution in [2.45, 2.75) is 0 Å². The van der Waals surface area contributed by atoms with Gasteiger partial charge in [0.1, 0.15) is 23.9 Å². The number of rotatable bonds is 5. The van der Waals surface area contributed by atoms with Gasteiger partial charge in [-0.2, -0.15) is 0 Å². The van der Waals surface area contributed by atoms with Crippen LogP contribution in [-0.2, 0) is 9.59 Å². The van der Waals surface area contributed by atoms with E-state index in [2.05, 4.69) is 5.32 Å². The van der Waals surface area contributed by atoms with Crippen molar-refractivity contribution < 1.29 is 23.2 Å². The van der Waals surface area contributed by atoms with E-state index in [1.54, 1.807) is 30.3 Å². The minimum absolute atomic E-state index is 0.103. The highest BCUT2D eigenvalue weighted by atomic mass is 35.5. The van der Waals surface area contributed by atoms with Gasteiger partial charge >= 0.3 is 0 Å². The number of furan rings is 1. The Morgan fingerprint density at radius 1 is 1.12 bits per heavy atom. The van der Waals surface area contributed by atoms with E-state index in [0.717, 1.165) is 11.0 Å². The summed E-state index contributed by atoms with van der Waals surface area (Å²) >= 11 is 12.9. The van der Waals surface area contributed by atoms with Crippen LogP contribution in [0.5, 0.6) is 0 Å². The lowest BCUT2D eigenvalue weighted by atomic mass is 10.2. The average Bonchev–Trinajstić information content (AvgIpc) is 3.30. The molecule has 2 heterocycles. The summed E-state index contributed by atoms with van der Waals surface area (Å²) in [5.41, 5.74) is 0.807. The number of hydrogen-bond acceptors (Lipinski definition) is 5. The fourth-order valence-corrected chi connectivity index (χ4v) is 4.16. The Labute approximate surface area is 196 Å². The SMILES string of the molecule is O=C(CN1C(=O)S/C(=C\c2ccc(-c3cccc(Cl)c3Cl)o2)C1=O)Nc1cccc(F)c1. The first kappa shape index (κ1) is 22.1. The molecule has 6 nitrogen and oxygen atoms in total. The standard InChI is InChI=1S/C22H13Cl2FN2O4S/c23-16-6-2-5-15(20(16)24)17-8-7-14(31-17)10-18-21(29)27(22(30)32-18)11-19(28)26-13-4-1-3-12(25)9-13/h1-10H,11H2,(H,26,28)/b18-10-. The average molecular weight is 491 g/mol. The molecule has 10 heteroatoms. The van der Waals surface area contributed by atoms with Crippen LogP contribution in [0.15, 0.2) is 63.9 Å². The summed E-state index contributed by atoms with van der Waals surface area (Å²) in [5, 5.41) is 2.56. The second kappa shape index (κ2) is 9.20. The molecule has 1 aliphatic heterocycles. The summed E-state index contributed by atoms with van der Waals surface area (Å²) in [7, 11) is 0. The van der Waals surface area contributed by atoms with Crippen molar-refractivity contribution in [3.8, 4) is 11.3 Å².